The van der Waals surface area contributed by atoms with Crippen LogP contribution in [0.5, 0.6) is 0 Å². The van der Waals surface area contributed by atoms with Crippen molar-refractivity contribution in [3.63, 3.8) is 0 Å². The normalized spacial score (nSPS) is 22.9. The molecule has 1 aromatic carbocycles. The summed E-state index contributed by atoms with van der Waals surface area (Å²) in [6.07, 6.45) is 7.57. The molecule has 0 radical (unpaired) electrons. The fourth-order valence-corrected chi connectivity index (χ4v) is 6.97. The van der Waals surface area contributed by atoms with Gasteiger partial charge in [0.15, 0.2) is 0 Å². The number of aryl methyl sites for hydroxylation is 2. The van der Waals surface area contributed by atoms with E-state index in [0.717, 1.165) is 32.1 Å². The molecule has 5 rings (SSSR count). The molecule has 3 fully saturated rings. The molecule has 4 aliphatic rings. The minimum Gasteiger partial charge on any atom is -0.352 e. The zero-order valence-corrected chi connectivity index (χ0v) is 20.7. The van der Waals surface area contributed by atoms with Crippen molar-refractivity contribution in [1.29, 1.82) is 0 Å². The Bertz CT molecular complexity index is 1020. The van der Waals surface area contributed by atoms with E-state index in [1.165, 1.54) is 17.5 Å². The van der Waals surface area contributed by atoms with Crippen LogP contribution in [0.15, 0.2) is 23.1 Å². The van der Waals surface area contributed by atoms with Crippen LogP contribution in [0, 0.1) is 5.92 Å². The molecule has 34 heavy (non-hydrogen) atoms. The van der Waals surface area contributed by atoms with Crippen LogP contribution in [-0.2, 0) is 32.5 Å². The van der Waals surface area contributed by atoms with E-state index in [0.29, 0.717) is 69.6 Å². The highest BCUT2D eigenvalue weighted by Gasteiger charge is 2.35. The molecule has 1 saturated carbocycles. The van der Waals surface area contributed by atoms with E-state index in [2.05, 4.69) is 10.2 Å². The minimum atomic E-state index is -3.53. The molecule has 2 saturated heterocycles. The topological polar surface area (TPSA) is 90.0 Å². The second kappa shape index (κ2) is 9.95. The van der Waals surface area contributed by atoms with Gasteiger partial charge in [-0.2, -0.15) is 4.31 Å². The molecule has 2 heterocycles. The second-order valence-electron chi connectivity index (χ2n) is 10.3. The maximum atomic E-state index is 13.2. The van der Waals surface area contributed by atoms with E-state index in [1.54, 1.807) is 10.4 Å². The Hall–Kier alpha value is -1.97. The summed E-state index contributed by atoms with van der Waals surface area (Å²) < 4.78 is 28.0. The number of sulfonamides is 1. The summed E-state index contributed by atoms with van der Waals surface area (Å²) in [7, 11) is -3.53. The molecule has 0 atom stereocenters. The predicted molar refractivity (Wildman–Crippen MR) is 129 cm³/mol. The Labute approximate surface area is 202 Å². The molecule has 1 N–H and O–H groups in total. The first-order valence-corrected chi connectivity index (χ1v) is 14.3. The maximum absolute atomic E-state index is 13.2. The Kier molecular flexibility index (Phi) is 6.95. The average Bonchev–Trinajstić information content (AvgIpc) is 3.67. The lowest BCUT2D eigenvalue weighted by molar-refractivity contribution is -0.138. The third-order valence-corrected chi connectivity index (χ3v) is 9.65. The number of carbonyl (C=O) groups excluding carboxylic acids is 2. The molecular formula is C25H36N4O4S. The largest absolute Gasteiger partial charge is 0.352 e. The molecule has 186 valence electrons. The molecule has 2 aliphatic heterocycles. The van der Waals surface area contributed by atoms with Gasteiger partial charge in [-0.1, -0.05) is 6.07 Å². The fraction of sp³-hybridized carbons (Fsp3) is 0.680. The van der Waals surface area contributed by atoms with Gasteiger partial charge in [-0.05, 0) is 74.6 Å². The third kappa shape index (κ3) is 5.31. The minimum absolute atomic E-state index is 0.0785. The van der Waals surface area contributed by atoms with E-state index in [-0.39, 0.29) is 17.7 Å². The van der Waals surface area contributed by atoms with Crippen LogP contribution >= 0.6 is 0 Å². The summed E-state index contributed by atoms with van der Waals surface area (Å²) in [5.74, 6) is 0.0855. The van der Waals surface area contributed by atoms with Gasteiger partial charge in [-0.25, -0.2) is 8.42 Å². The van der Waals surface area contributed by atoms with Crippen LogP contribution < -0.4 is 5.32 Å². The molecule has 2 aliphatic carbocycles. The van der Waals surface area contributed by atoms with Crippen LogP contribution in [-0.4, -0.2) is 86.2 Å². The quantitative estimate of drug-likeness (QED) is 0.654. The summed E-state index contributed by atoms with van der Waals surface area (Å²) in [4.78, 5) is 29.5. The van der Waals surface area contributed by atoms with Gasteiger partial charge in [-0.15, -0.1) is 0 Å². The molecule has 0 aromatic heterocycles. The lowest BCUT2D eigenvalue weighted by Gasteiger charge is -2.38. The number of carbonyl (C=O) groups is 2. The van der Waals surface area contributed by atoms with Crippen LogP contribution in [0.3, 0.4) is 0 Å². The number of amides is 2. The van der Waals surface area contributed by atoms with Gasteiger partial charge < -0.3 is 10.2 Å². The highest BCUT2D eigenvalue weighted by atomic mass is 32.2. The smallest absolute Gasteiger partial charge is 0.243 e. The maximum Gasteiger partial charge on any atom is 0.243 e. The molecule has 8 nitrogen and oxygen atoms in total. The highest BCUT2D eigenvalue weighted by molar-refractivity contribution is 7.89. The summed E-state index contributed by atoms with van der Waals surface area (Å²) >= 11 is 0. The van der Waals surface area contributed by atoms with E-state index >= 15 is 0 Å². The van der Waals surface area contributed by atoms with Crippen LogP contribution in [0.2, 0.25) is 0 Å². The molecule has 0 bridgehead atoms. The molecule has 0 unspecified atom stereocenters. The number of rotatable bonds is 6. The molecule has 0 spiro atoms. The number of nitrogens with zero attached hydrogens (tertiary/aromatic N) is 3. The SMILES string of the molecule is O=C(CN1CCN(C(=O)C2CCN(S(=O)(=O)c3ccc4c(c3)CCCC4)CC2)CC1)NC1CC1. The standard InChI is InChI=1S/C25H36N4O4S/c30-24(26-22-6-7-22)18-27-13-15-28(16-14-27)25(31)20-9-11-29(12-10-20)34(32,33)23-8-5-19-3-1-2-4-21(19)17-23/h5,8,17,20,22H,1-4,6-7,9-16,18H2,(H,26,30). The van der Waals surface area contributed by atoms with E-state index in [1.807, 2.05) is 17.0 Å². The number of hydrogen-bond acceptors (Lipinski definition) is 5. The Morgan fingerprint density at radius 2 is 1.56 bits per heavy atom. The monoisotopic (exact) mass is 488 g/mol. The summed E-state index contributed by atoms with van der Waals surface area (Å²) in [6.45, 7) is 3.84. The van der Waals surface area contributed by atoms with Crippen LogP contribution in [0.4, 0.5) is 0 Å². The number of piperazine rings is 1. The highest BCUT2D eigenvalue weighted by Crippen LogP contribution is 2.29. The number of hydrogen-bond donors (Lipinski definition) is 1. The van der Waals surface area contributed by atoms with Gasteiger partial charge in [0.25, 0.3) is 0 Å². The van der Waals surface area contributed by atoms with Crippen molar-refractivity contribution in [2.75, 3.05) is 45.8 Å². The van der Waals surface area contributed by atoms with Crippen molar-refractivity contribution < 1.29 is 18.0 Å². The van der Waals surface area contributed by atoms with Gasteiger partial charge in [-0.3, -0.25) is 14.5 Å². The first kappa shape index (κ1) is 23.8. The summed E-state index contributed by atoms with van der Waals surface area (Å²) in [6, 6.07) is 5.97. The average molecular weight is 489 g/mol. The summed E-state index contributed by atoms with van der Waals surface area (Å²) in [5.41, 5.74) is 2.44. The predicted octanol–water partition coefficient (Wildman–Crippen LogP) is 1.39. The van der Waals surface area contributed by atoms with E-state index in [9.17, 15) is 18.0 Å². The van der Waals surface area contributed by atoms with Gasteiger partial charge in [0.2, 0.25) is 21.8 Å². The van der Waals surface area contributed by atoms with Crippen molar-refractivity contribution in [2.45, 2.75) is 62.3 Å². The lowest BCUT2D eigenvalue weighted by Crippen LogP contribution is -2.53. The van der Waals surface area contributed by atoms with Crippen molar-refractivity contribution in [3.8, 4) is 0 Å². The van der Waals surface area contributed by atoms with E-state index in [4.69, 9.17) is 0 Å². The van der Waals surface area contributed by atoms with Gasteiger partial charge in [0.05, 0.1) is 11.4 Å². The van der Waals surface area contributed by atoms with Crippen LogP contribution in [0.25, 0.3) is 0 Å². The zero-order chi connectivity index (χ0) is 23.7. The van der Waals surface area contributed by atoms with Gasteiger partial charge >= 0.3 is 0 Å². The van der Waals surface area contributed by atoms with E-state index < -0.39 is 10.0 Å². The second-order valence-corrected chi connectivity index (χ2v) is 12.2. The number of piperidine rings is 1. The number of fused-ring (bicyclic) bond motifs is 1. The molecular weight excluding hydrogens is 452 g/mol. The zero-order valence-electron chi connectivity index (χ0n) is 19.9. The third-order valence-electron chi connectivity index (χ3n) is 7.75. The molecule has 1 aromatic rings. The summed E-state index contributed by atoms with van der Waals surface area (Å²) in [5, 5.41) is 3.01. The first-order valence-electron chi connectivity index (χ1n) is 12.8. The lowest BCUT2D eigenvalue weighted by atomic mass is 9.92. The number of nitrogens with one attached hydrogen (secondary N) is 1. The van der Waals surface area contributed by atoms with Crippen molar-refractivity contribution >= 4 is 21.8 Å². The molecule has 9 heteroatoms. The Morgan fingerprint density at radius 1 is 0.882 bits per heavy atom. The Balaban J connectivity index is 1.11. The molecule has 2 amide bonds. The van der Waals surface area contributed by atoms with Crippen molar-refractivity contribution in [1.82, 2.24) is 19.4 Å². The Morgan fingerprint density at radius 3 is 2.24 bits per heavy atom. The van der Waals surface area contributed by atoms with Gasteiger partial charge in [0, 0.05) is 51.2 Å². The van der Waals surface area contributed by atoms with Crippen molar-refractivity contribution in [2.24, 2.45) is 5.92 Å². The van der Waals surface area contributed by atoms with Crippen molar-refractivity contribution in [3.05, 3.63) is 29.3 Å². The first-order chi connectivity index (χ1) is 16.4. The number of benzene rings is 1. The van der Waals surface area contributed by atoms with Gasteiger partial charge in [0.1, 0.15) is 0 Å². The fourth-order valence-electron chi connectivity index (χ4n) is 5.45. The van der Waals surface area contributed by atoms with Crippen LogP contribution in [0.1, 0.15) is 49.7 Å².